The lowest BCUT2D eigenvalue weighted by atomic mass is 9.69. The number of aliphatic hydroxyl groups is 1. The fraction of sp³-hybridized carbons (Fsp3) is 1.00. The van der Waals surface area contributed by atoms with Crippen LogP contribution in [0, 0.1) is 35.0 Å². The summed E-state index contributed by atoms with van der Waals surface area (Å²) in [5.74, 6) is 4.01. The predicted molar refractivity (Wildman–Crippen MR) is 66.0 cm³/mol. The van der Waals surface area contributed by atoms with Gasteiger partial charge in [0.2, 0.25) is 0 Å². The molecule has 0 amide bonds. The van der Waals surface area contributed by atoms with E-state index in [4.69, 9.17) is 0 Å². The Balaban J connectivity index is 1.92. The Bertz CT molecular complexity index is 307. The molecular formula is C15H26O. The fourth-order valence-electron chi connectivity index (χ4n) is 5.57. The van der Waals surface area contributed by atoms with Gasteiger partial charge in [0.25, 0.3) is 0 Å². The van der Waals surface area contributed by atoms with Crippen molar-refractivity contribution >= 4 is 0 Å². The van der Waals surface area contributed by atoms with Crippen LogP contribution >= 0.6 is 0 Å². The first-order chi connectivity index (χ1) is 7.41. The molecule has 0 aromatic heterocycles. The molecule has 1 spiro atoms. The van der Waals surface area contributed by atoms with Gasteiger partial charge in [-0.25, -0.2) is 0 Å². The molecule has 16 heavy (non-hydrogen) atoms. The Hall–Kier alpha value is -0.0400. The van der Waals surface area contributed by atoms with Gasteiger partial charge in [0.15, 0.2) is 0 Å². The topological polar surface area (TPSA) is 20.2 Å². The maximum atomic E-state index is 10.5. The number of hydrogen-bond donors (Lipinski definition) is 1. The van der Waals surface area contributed by atoms with Crippen LogP contribution in [0.5, 0.6) is 0 Å². The summed E-state index contributed by atoms with van der Waals surface area (Å²) in [6.07, 6.45) is 5.13. The van der Waals surface area contributed by atoms with Crippen molar-refractivity contribution in [2.24, 2.45) is 35.0 Å². The summed E-state index contributed by atoms with van der Waals surface area (Å²) in [5, 5.41) is 10.5. The summed E-state index contributed by atoms with van der Waals surface area (Å²) in [5.41, 5.74) is 0.201. The molecule has 0 bridgehead atoms. The molecule has 3 rings (SSSR count). The molecule has 1 nitrogen and oxygen atoms in total. The van der Waals surface area contributed by atoms with Gasteiger partial charge in [-0.2, -0.15) is 0 Å². The van der Waals surface area contributed by atoms with E-state index in [0.717, 1.165) is 30.1 Å². The number of fused-ring (bicyclic) bond motifs is 1. The normalized spacial score (nSPS) is 59.6. The first kappa shape index (κ1) is 11.1. The van der Waals surface area contributed by atoms with Crippen molar-refractivity contribution in [3.8, 4) is 0 Å². The van der Waals surface area contributed by atoms with Gasteiger partial charge in [0.1, 0.15) is 0 Å². The minimum Gasteiger partial charge on any atom is -0.390 e. The van der Waals surface area contributed by atoms with Crippen LogP contribution in [0.1, 0.15) is 53.4 Å². The highest BCUT2D eigenvalue weighted by Gasteiger charge is 2.77. The molecule has 6 atom stereocenters. The van der Waals surface area contributed by atoms with E-state index in [9.17, 15) is 5.11 Å². The van der Waals surface area contributed by atoms with E-state index >= 15 is 0 Å². The van der Waals surface area contributed by atoms with Crippen molar-refractivity contribution in [3.05, 3.63) is 0 Å². The summed E-state index contributed by atoms with van der Waals surface area (Å²) in [4.78, 5) is 0. The van der Waals surface area contributed by atoms with Gasteiger partial charge in [-0.3, -0.25) is 0 Å². The zero-order chi connectivity index (χ0) is 11.7. The van der Waals surface area contributed by atoms with Gasteiger partial charge in [0.05, 0.1) is 5.60 Å². The average Bonchev–Trinajstić information content (AvgIpc) is 2.79. The van der Waals surface area contributed by atoms with E-state index in [2.05, 4.69) is 27.7 Å². The molecule has 3 fully saturated rings. The second-order valence-electron chi connectivity index (χ2n) is 7.36. The third-order valence-electron chi connectivity index (χ3n) is 6.35. The first-order valence-corrected chi connectivity index (χ1v) is 7.13. The lowest BCUT2D eigenvalue weighted by molar-refractivity contribution is 0.0291. The van der Waals surface area contributed by atoms with Gasteiger partial charge in [-0.05, 0) is 67.6 Å². The van der Waals surface area contributed by atoms with Crippen molar-refractivity contribution in [1.82, 2.24) is 0 Å². The second kappa shape index (κ2) is 3.04. The minimum absolute atomic E-state index is 0.351. The largest absolute Gasteiger partial charge is 0.390 e. The number of rotatable bonds is 1. The second-order valence-corrected chi connectivity index (χ2v) is 7.36. The summed E-state index contributed by atoms with van der Waals surface area (Å²) in [6.45, 7) is 9.27. The van der Waals surface area contributed by atoms with Crippen LogP contribution in [-0.2, 0) is 0 Å². The number of hydrogen-bond acceptors (Lipinski definition) is 1. The molecule has 2 unspecified atom stereocenters. The Morgan fingerprint density at radius 3 is 2.50 bits per heavy atom. The Kier molecular flexibility index (Phi) is 2.11. The van der Waals surface area contributed by atoms with Crippen LogP contribution in [-0.4, -0.2) is 10.7 Å². The highest BCUT2D eigenvalue weighted by Crippen LogP contribution is 2.80. The van der Waals surface area contributed by atoms with Crippen molar-refractivity contribution < 1.29 is 5.11 Å². The van der Waals surface area contributed by atoms with E-state index in [0.29, 0.717) is 11.3 Å². The van der Waals surface area contributed by atoms with Crippen molar-refractivity contribution in [2.75, 3.05) is 0 Å². The third kappa shape index (κ3) is 1.11. The standard InChI is InChI=1S/C15H26O/c1-9(2)11-6-5-10(3)15-8-7-14(4,16)13(15)12(11)15/h9-13,16H,5-8H2,1-4H3/t10-,11+,12-,13?,14-,15?/m1/s1. The van der Waals surface area contributed by atoms with Gasteiger partial charge in [-0.15, -0.1) is 0 Å². The maximum absolute atomic E-state index is 10.5. The molecule has 0 heterocycles. The highest BCUT2D eigenvalue weighted by atomic mass is 16.3. The predicted octanol–water partition coefficient (Wildman–Crippen LogP) is 3.47. The van der Waals surface area contributed by atoms with Crippen LogP contribution < -0.4 is 0 Å². The summed E-state index contributed by atoms with van der Waals surface area (Å²) >= 11 is 0. The monoisotopic (exact) mass is 222 g/mol. The van der Waals surface area contributed by atoms with Crippen molar-refractivity contribution in [3.63, 3.8) is 0 Å². The van der Waals surface area contributed by atoms with Crippen LogP contribution in [0.25, 0.3) is 0 Å². The van der Waals surface area contributed by atoms with Crippen LogP contribution in [0.15, 0.2) is 0 Å². The average molecular weight is 222 g/mol. The van der Waals surface area contributed by atoms with E-state index in [-0.39, 0.29) is 5.60 Å². The van der Waals surface area contributed by atoms with Gasteiger partial charge < -0.3 is 5.11 Å². The fourth-order valence-corrected chi connectivity index (χ4v) is 5.57. The quantitative estimate of drug-likeness (QED) is 0.720. The van der Waals surface area contributed by atoms with Crippen LogP contribution in [0.2, 0.25) is 0 Å². The first-order valence-electron chi connectivity index (χ1n) is 7.13. The maximum Gasteiger partial charge on any atom is 0.0656 e. The molecule has 0 aromatic carbocycles. The Morgan fingerprint density at radius 2 is 1.88 bits per heavy atom. The summed E-state index contributed by atoms with van der Waals surface area (Å²) in [7, 11) is 0. The van der Waals surface area contributed by atoms with E-state index in [1.165, 1.54) is 19.3 Å². The molecule has 3 saturated carbocycles. The molecular weight excluding hydrogens is 196 g/mol. The summed E-state index contributed by atoms with van der Waals surface area (Å²) < 4.78 is 0. The van der Waals surface area contributed by atoms with Crippen LogP contribution in [0.3, 0.4) is 0 Å². The summed E-state index contributed by atoms with van der Waals surface area (Å²) in [6, 6.07) is 0. The Labute approximate surface area is 99.6 Å². The lowest BCUT2D eigenvalue weighted by Crippen LogP contribution is -2.30. The molecule has 0 radical (unpaired) electrons. The third-order valence-corrected chi connectivity index (χ3v) is 6.35. The van der Waals surface area contributed by atoms with Crippen molar-refractivity contribution in [1.29, 1.82) is 0 Å². The van der Waals surface area contributed by atoms with Gasteiger partial charge in [0, 0.05) is 0 Å². The zero-order valence-electron chi connectivity index (χ0n) is 11.2. The van der Waals surface area contributed by atoms with Gasteiger partial charge in [-0.1, -0.05) is 20.8 Å². The van der Waals surface area contributed by atoms with Crippen LogP contribution in [0.4, 0.5) is 0 Å². The Morgan fingerprint density at radius 1 is 1.19 bits per heavy atom. The molecule has 1 N–H and O–H groups in total. The SMILES string of the molecule is CC(C)[C@@H]1CC[C@@H](C)C23CC[C@@](C)(O)C2[C@@H]13. The molecule has 1 heteroatoms. The highest BCUT2D eigenvalue weighted by molar-refractivity contribution is 5.26. The molecule has 0 aliphatic heterocycles. The molecule has 0 saturated heterocycles. The molecule has 0 aromatic rings. The molecule has 3 aliphatic rings. The zero-order valence-corrected chi connectivity index (χ0v) is 11.2. The minimum atomic E-state index is -0.351. The lowest BCUT2D eigenvalue weighted by Gasteiger charge is -2.36. The van der Waals surface area contributed by atoms with Crippen molar-refractivity contribution in [2.45, 2.75) is 59.0 Å². The van der Waals surface area contributed by atoms with E-state index < -0.39 is 0 Å². The smallest absolute Gasteiger partial charge is 0.0656 e. The molecule has 92 valence electrons. The van der Waals surface area contributed by atoms with Gasteiger partial charge >= 0.3 is 0 Å². The van der Waals surface area contributed by atoms with E-state index in [1.54, 1.807) is 0 Å². The van der Waals surface area contributed by atoms with E-state index in [1.807, 2.05) is 0 Å². The molecule has 3 aliphatic carbocycles.